The molecule has 7 nitrogen and oxygen atoms in total. The van der Waals surface area contributed by atoms with Crippen molar-refractivity contribution in [1.29, 1.82) is 0 Å². The number of nitrogens with one attached hydrogen (secondary N) is 3. The van der Waals surface area contributed by atoms with Gasteiger partial charge in [-0.2, -0.15) is 5.10 Å². The van der Waals surface area contributed by atoms with Gasteiger partial charge in [0, 0.05) is 22.7 Å². The molecule has 1 amide bonds. The van der Waals surface area contributed by atoms with Crippen LogP contribution in [0.2, 0.25) is 0 Å². The van der Waals surface area contributed by atoms with E-state index >= 15 is 0 Å². The van der Waals surface area contributed by atoms with Gasteiger partial charge < -0.3 is 5.32 Å². The van der Waals surface area contributed by atoms with Crippen LogP contribution in [0.3, 0.4) is 0 Å². The Hall–Kier alpha value is -3.79. The van der Waals surface area contributed by atoms with Gasteiger partial charge >= 0.3 is 0 Å². The van der Waals surface area contributed by atoms with Gasteiger partial charge in [0.2, 0.25) is 5.91 Å². The highest BCUT2D eigenvalue weighted by Gasteiger charge is 2.52. The number of benzene rings is 3. The molecule has 0 atom stereocenters. The van der Waals surface area contributed by atoms with Crippen LogP contribution in [-0.2, 0) is 20.2 Å². The molecule has 2 aliphatic rings. The third kappa shape index (κ3) is 3.02. The fourth-order valence-electron chi connectivity index (χ4n) is 4.83. The Balaban J connectivity index is 1.51. The summed E-state index contributed by atoms with van der Waals surface area (Å²) in [6.45, 7) is 0. The molecule has 0 bridgehead atoms. The Morgan fingerprint density at radius 1 is 1.03 bits per heavy atom. The van der Waals surface area contributed by atoms with E-state index in [-0.39, 0.29) is 11.6 Å². The minimum absolute atomic E-state index is 0.109. The number of hydrogen-bond acceptors (Lipinski definition) is 4. The zero-order chi connectivity index (χ0) is 23.7. The lowest BCUT2D eigenvalue weighted by atomic mass is 9.65. The number of aromatic nitrogens is 2. The smallest absolute Gasteiger partial charge is 0.264 e. The molecule has 2 heterocycles. The second-order valence-corrected chi connectivity index (χ2v) is 10.3. The number of carbonyl (C=O) groups excluding carboxylic acids is 1. The van der Waals surface area contributed by atoms with Gasteiger partial charge in [0.05, 0.1) is 22.8 Å². The monoisotopic (exact) mass is 480 g/mol. The summed E-state index contributed by atoms with van der Waals surface area (Å²) in [4.78, 5) is 12.3. The van der Waals surface area contributed by atoms with Crippen molar-refractivity contribution in [2.75, 3.05) is 10.0 Å². The number of fused-ring (bicyclic) bond motifs is 3. The topological polar surface area (TPSA) is 104 Å². The largest absolute Gasteiger partial charge is 0.324 e. The molecule has 6 rings (SSSR count). The van der Waals surface area contributed by atoms with Crippen molar-refractivity contribution in [2.45, 2.75) is 29.6 Å². The van der Waals surface area contributed by atoms with Gasteiger partial charge in [0.1, 0.15) is 16.5 Å². The summed E-state index contributed by atoms with van der Waals surface area (Å²) in [5.74, 6) is -2.17. The number of aromatic amines is 1. The molecular formula is C24H18F2N4O3S. The standard InChI is InChI=1S/C24H18F2N4O3S/c25-15-4-5-21(19(26)9-15)34(32,33)30-16-10-17(13-2-3-14-12-27-29-20(14)8-13)22-18(11-16)24(6-1-7-24)23(31)28-22/h2-5,8-12,30H,1,6-7H2,(H,27,29)(H,28,31). The second-order valence-electron chi connectivity index (χ2n) is 8.69. The summed E-state index contributed by atoms with van der Waals surface area (Å²) in [5, 5.41) is 10.8. The first-order valence-corrected chi connectivity index (χ1v) is 12.2. The molecule has 1 saturated carbocycles. The van der Waals surface area contributed by atoms with Gasteiger partial charge in [-0.1, -0.05) is 18.6 Å². The van der Waals surface area contributed by atoms with E-state index in [0.717, 1.165) is 35.0 Å². The predicted octanol–water partition coefficient (Wildman–Crippen LogP) is 4.68. The fraction of sp³-hybridized carbons (Fsp3) is 0.167. The average molecular weight is 480 g/mol. The Labute approximate surface area is 193 Å². The number of halogens is 2. The molecule has 4 aromatic rings. The predicted molar refractivity (Wildman–Crippen MR) is 123 cm³/mol. The molecule has 10 heteroatoms. The highest BCUT2D eigenvalue weighted by molar-refractivity contribution is 7.92. The number of rotatable bonds is 4. The van der Waals surface area contributed by atoms with Gasteiger partial charge in [-0.25, -0.2) is 17.2 Å². The van der Waals surface area contributed by atoms with Crippen LogP contribution in [-0.4, -0.2) is 24.5 Å². The number of sulfonamides is 1. The maximum absolute atomic E-state index is 14.2. The van der Waals surface area contributed by atoms with E-state index in [4.69, 9.17) is 0 Å². The molecule has 0 radical (unpaired) electrons. The van der Waals surface area contributed by atoms with Crippen molar-refractivity contribution in [1.82, 2.24) is 10.2 Å². The van der Waals surface area contributed by atoms with Crippen LogP contribution in [0.1, 0.15) is 24.8 Å². The van der Waals surface area contributed by atoms with Gasteiger partial charge in [-0.3, -0.25) is 14.6 Å². The summed E-state index contributed by atoms with van der Waals surface area (Å²) >= 11 is 0. The van der Waals surface area contributed by atoms with Crippen LogP contribution in [0.4, 0.5) is 20.2 Å². The van der Waals surface area contributed by atoms with E-state index in [1.807, 2.05) is 18.2 Å². The first kappa shape index (κ1) is 20.8. The highest BCUT2D eigenvalue weighted by atomic mass is 32.2. The summed E-state index contributed by atoms with van der Waals surface area (Å²) in [5.41, 5.74) is 2.99. The van der Waals surface area contributed by atoms with E-state index in [9.17, 15) is 22.0 Å². The maximum atomic E-state index is 14.2. The van der Waals surface area contributed by atoms with Gasteiger partial charge in [-0.05, 0) is 54.3 Å². The average Bonchev–Trinajstić information content (AvgIpc) is 3.33. The summed E-state index contributed by atoms with van der Waals surface area (Å²) in [7, 11) is -4.36. The minimum Gasteiger partial charge on any atom is -0.324 e. The van der Waals surface area contributed by atoms with E-state index < -0.39 is 32.0 Å². The fourth-order valence-corrected chi connectivity index (χ4v) is 5.93. The summed E-state index contributed by atoms with van der Waals surface area (Å²) < 4.78 is 55.9. The first-order valence-electron chi connectivity index (χ1n) is 10.7. The zero-order valence-corrected chi connectivity index (χ0v) is 18.5. The number of amides is 1. The molecule has 172 valence electrons. The lowest BCUT2D eigenvalue weighted by molar-refractivity contribution is -0.123. The Bertz CT molecular complexity index is 1610. The molecule has 34 heavy (non-hydrogen) atoms. The van der Waals surface area contributed by atoms with Crippen LogP contribution in [0.15, 0.2) is 59.6 Å². The molecule has 0 unspecified atom stereocenters. The van der Waals surface area contributed by atoms with E-state index in [0.29, 0.717) is 35.7 Å². The quantitative estimate of drug-likeness (QED) is 0.394. The first-order chi connectivity index (χ1) is 16.3. The number of anilines is 2. The molecule has 1 fully saturated rings. The van der Waals surface area contributed by atoms with Crippen LogP contribution in [0.25, 0.3) is 22.0 Å². The van der Waals surface area contributed by atoms with Gasteiger partial charge in [0.25, 0.3) is 10.0 Å². The third-order valence-electron chi connectivity index (χ3n) is 6.72. The molecule has 1 spiro atoms. The molecule has 3 aromatic carbocycles. The second kappa shape index (κ2) is 7.10. The van der Waals surface area contributed by atoms with Gasteiger partial charge in [0.15, 0.2) is 0 Å². The normalized spacial score (nSPS) is 16.4. The molecule has 0 saturated heterocycles. The van der Waals surface area contributed by atoms with Crippen LogP contribution in [0, 0.1) is 11.6 Å². The lowest BCUT2D eigenvalue weighted by Gasteiger charge is -2.36. The number of nitrogens with zero attached hydrogens (tertiary/aromatic N) is 1. The maximum Gasteiger partial charge on any atom is 0.264 e. The van der Waals surface area contributed by atoms with Gasteiger partial charge in [-0.15, -0.1) is 0 Å². The number of carbonyl (C=O) groups is 1. The van der Waals surface area contributed by atoms with Crippen LogP contribution >= 0.6 is 0 Å². The van der Waals surface area contributed by atoms with Crippen molar-refractivity contribution < 1.29 is 22.0 Å². The SMILES string of the molecule is O=C1Nc2c(-c3ccc4cn[nH]c4c3)cc(NS(=O)(=O)c3ccc(F)cc3F)cc2C12CCC2. The van der Waals surface area contributed by atoms with Crippen molar-refractivity contribution in [3.05, 3.63) is 71.9 Å². The molecule has 1 aliphatic heterocycles. The Kier molecular flexibility index (Phi) is 4.34. The van der Waals surface area contributed by atoms with E-state index in [2.05, 4.69) is 20.2 Å². The van der Waals surface area contributed by atoms with Crippen LogP contribution in [0.5, 0.6) is 0 Å². The zero-order valence-electron chi connectivity index (χ0n) is 17.7. The van der Waals surface area contributed by atoms with Crippen molar-refractivity contribution in [3.63, 3.8) is 0 Å². The molecule has 1 aliphatic carbocycles. The highest BCUT2D eigenvalue weighted by Crippen LogP contribution is 2.54. The number of hydrogen-bond donors (Lipinski definition) is 3. The van der Waals surface area contributed by atoms with Crippen molar-refractivity contribution >= 4 is 38.2 Å². The molecular weight excluding hydrogens is 462 g/mol. The summed E-state index contributed by atoms with van der Waals surface area (Å²) in [6.07, 6.45) is 3.90. The third-order valence-corrected chi connectivity index (χ3v) is 8.14. The Morgan fingerprint density at radius 3 is 2.59 bits per heavy atom. The van der Waals surface area contributed by atoms with Crippen molar-refractivity contribution in [3.8, 4) is 11.1 Å². The Morgan fingerprint density at radius 2 is 1.85 bits per heavy atom. The number of H-pyrrole nitrogens is 1. The lowest BCUT2D eigenvalue weighted by Crippen LogP contribution is -2.40. The molecule has 3 N–H and O–H groups in total. The van der Waals surface area contributed by atoms with Crippen molar-refractivity contribution in [2.24, 2.45) is 0 Å². The van der Waals surface area contributed by atoms with E-state index in [1.54, 1.807) is 18.3 Å². The van der Waals surface area contributed by atoms with Crippen LogP contribution < -0.4 is 10.0 Å². The molecule has 1 aromatic heterocycles. The summed E-state index contributed by atoms with van der Waals surface area (Å²) in [6, 6.07) is 11.1. The van der Waals surface area contributed by atoms with E-state index in [1.165, 1.54) is 0 Å². The minimum atomic E-state index is -4.36.